The van der Waals surface area contributed by atoms with Crippen molar-refractivity contribution in [2.45, 2.75) is 6.61 Å². The Morgan fingerprint density at radius 2 is 1.84 bits per heavy atom. The summed E-state index contributed by atoms with van der Waals surface area (Å²) in [5.41, 5.74) is 0.674. The van der Waals surface area contributed by atoms with Crippen molar-refractivity contribution < 1.29 is 18.6 Å². The van der Waals surface area contributed by atoms with Crippen LogP contribution >= 0.6 is 31.9 Å². The second-order valence-electron chi connectivity index (χ2n) is 3.71. The highest BCUT2D eigenvalue weighted by atomic mass is 79.9. The molecular weight excluding hydrogens is 386 g/mol. The molecular formula is C13H8Br2F2O2. The summed E-state index contributed by atoms with van der Waals surface area (Å²) in [6.45, 7) is -0.124. The van der Waals surface area contributed by atoms with Gasteiger partial charge in [0.1, 0.15) is 5.75 Å². The van der Waals surface area contributed by atoms with Gasteiger partial charge in [0.05, 0.1) is 6.61 Å². The number of halogens is 4. The molecule has 100 valence electrons. The highest BCUT2D eigenvalue weighted by Gasteiger charge is 2.12. The number of hydrogen-bond acceptors (Lipinski definition) is 2. The van der Waals surface area contributed by atoms with Crippen LogP contribution in [0.3, 0.4) is 0 Å². The molecule has 0 aliphatic rings. The first-order valence-corrected chi connectivity index (χ1v) is 6.81. The maximum absolute atomic E-state index is 13.5. The van der Waals surface area contributed by atoms with Gasteiger partial charge in [0, 0.05) is 8.95 Å². The van der Waals surface area contributed by atoms with Gasteiger partial charge in [-0.05, 0) is 29.8 Å². The number of hydrogen-bond donors (Lipinski definition) is 1. The molecule has 0 spiro atoms. The lowest BCUT2D eigenvalue weighted by atomic mass is 10.2. The molecule has 0 aliphatic heterocycles. The van der Waals surface area contributed by atoms with Crippen LogP contribution in [0.15, 0.2) is 39.3 Å². The first kappa shape index (κ1) is 14.4. The Balaban J connectivity index is 2.33. The molecule has 6 heteroatoms. The molecule has 0 bridgehead atoms. The molecule has 0 fully saturated rings. The van der Waals surface area contributed by atoms with E-state index in [9.17, 15) is 8.78 Å². The standard InChI is InChI=1S/C13H8Br2F2O2/c14-8-3-11(16)13(17)12(4-8)19-9-2-1-7(6-18)10(15)5-9/h1-5,18H,6H2. The second kappa shape index (κ2) is 5.98. The second-order valence-corrected chi connectivity index (χ2v) is 5.48. The van der Waals surface area contributed by atoms with Gasteiger partial charge < -0.3 is 9.84 Å². The molecule has 0 unspecified atom stereocenters. The fraction of sp³-hybridized carbons (Fsp3) is 0.0769. The minimum absolute atomic E-state index is 0.124. The van der Waals surface area contributed by atoms with Crippen molar-refractivity contribution in [1.29, 1.82) is 0 Å². The van der Waals surface area contributed by atoms with Crippen LogP contribution in [0.25, 0.3) is 0 Å². The van der Waals surface area contributed by atoms with Crippen LogP contribution < -0.4 is 4.74 Å². The number of benzene rings is 2. The van der Waals surface area contributed by atoms with Crippen molar-refractivity contribution in [1.82, 2.24) is 0 Å². The third kappa shape index (κ3) is 3.32. The average molecular weight is 394 g/mol. The SMILES string of the molecule is OCc1ccc(Oc2cc(Br)cc(F)c2F)cc1Br. The van der Waals surface area contributed by atoms with Gasteiger partial charge in [0.25, 0.3) is 0 Å². The minimum Gasteiger partial charge on any atom is -0.454 e. The quantitative estimate of drug-likeness (QED) is 0.760. The summed E-state index contributed by atoms with van der Waals surface area (Å²) in [4.78, 5) is 0. The van der Waals surface area contributed by atoms with Crippen molar-refractivity contribution in [3.63, 3.8) is 0 Å². The molecule has 2 rings (SSSR count). The summed E-state index contributed by atoms with van der Waals surface area (Å²) in [7, 11) is 0. The molecule has 19 heavy (non-hydrogen) atoms. The van der Waals surface area contributed by atoms with Gasteiger partial charge >= 0.3 is 0 Å². The van der Waals surface area contributed by atoms with Gasteiger partial charge in [-0.1, -0.05) is 37.9 Å². The van der Waals surface area contributed by atoms with E-state index < -0.39 is 11.6 Å². The largest absolute Gasteiger partial charge is 0.454 e. The van der Waals surface area contributed by atoms with Gasteiger partial charge in [0.15, 0.2) is 11.6 Å². The molecule has 2 aromatic rings. The molecule has 2 aromatic carbocycles. The van der Waals surface area contributed by atoms with Crippen molar-refractivity contribution >= 4 is 31.9 Å². The first-order chi connectivity index (χ1) is 9.01. The molecule has 1 N–H and O–H groups in total. The first-order valence-electron chi connectivity index (χ1n) is 5.23. The lowest BCUT2D eigenvalue weighted by Gasteiger charge is -2.09. The topological polar surface area (TPSA) is 29.5 Å². The molecule has 0 saturated carbocycles. The monoisotopic (exact) mass is 392 g/mol. The molecule has 0 heterocycles. The Morgan fingerprint density at radius 1 is 1.11 bits per heavy atom. The summed E-state index contributed by atoms with van der Waals surface area (Å²) in [6.07, 6.45) is 0. The fourth-order valence-electron chi connectivity index (χ4n) is 1.45. The van der Waals surface area contributed by atoms with E-state index >= 15 is 0 Å². The smallest absolute Gasteiger partial charge is 0.201 e. The van der Waals surface area contributed by atoms with E-state index in [1.165, 1.54) is 6.07 Å². The normalized spacial score (nSPS) is 10.6. The van der Waals surface area contributed by atoms with Crippen molar-refractivity contribution in [2.24, 2.45) is 0 Å². The number of rotatable bonds is 3. The van der Waals surface area contributed by atoms with Crippen LogP contribution in [0, 0.1) is 11.6 Å². The minimum atomic E-state index is -1.05. The summed E-state index contributed by atoms with van der Waals surface area (Å²) in [6, 6.07) is 7.13. The van der Waals surface area contributed by atoms with Crippen molar-refractivity contribution in [2.75, 3.05) is 0 Å². The predicted octanol–water partition coefficient (Wildman–Crippen LogP) is 4.77. The summed E-state index contributed by atoms with van der Waals surface area (Å²) < 4.78 is 33.1. The van der Waals surface area contributed by atoms with E-state index in [0.717, 1.165) is 6.07 Å². The van der Waals surface area contributed by atoms with E-state index in [-0.39, 0.29) is 12.4 Å². The Bertz CT molecular complexity index is 618. The van der Waals surface area contributed by atoms with Crippen LogP contribution in [0.2, 0.25) is 0 Å². The summed E-state index contributed by atoms with van der Waals surface area (Å²) in [5.74, 6) is -1.92. The zero-order valence-corrected chi connectivity index (χ0v) is 12.6. The Hall–Kier alpha value is -0.980. The third-order valence-corrected chi connectivity index (χ3v) is 3.58. The molecule has 0 atom stereocenters. The van der Waals surface area contributed by atoms with E-state index in [1.54, 1.807) is 18.2 Å². The van der Waals surface area contributed by atoms with Crippen molar-refractivity contribution in [3.8, 4) is 11.5 Å². The predicted molar refractivity (Wildman–Crippen MR) is 74.2 cm³/mol. The van der Waals surface area contributed by atoms with Gasteiger partial charge in [-0.2, -0.15) is 4.39 Å². The lowest BCUT2D eigenvalue weighted by Crippen LogP contribution is -1.93. The molecule has 0 radical (unpaired) electrons. The lowest BCUT2D eigenvalue weighted by molar-refractivity contribution is 0.281. The van der Waals surface area contributed by atoms with E-state index in [2.05, 4.69) is 31.9 Å². The van der Waals surface area contributed by atoms with Crippen molar-refractivity contribution in [3.05, 3.63) is 56.5 Å². The number of ether oxygens (including phenoxy) is 1. The molecule has 2 nitrogen and oxygen atoms in total. The van der Waals surface area contributed by atoms with E-state index in [4.69, 9.17) is 9.84 Å². The van der Waals surface area contributed by atoms with E-state index in [0.29, 0.717) is 20.3 Å². The van der Waals surface area contributed by atoms with Crippen LogP contribution in [0.5, 0.6) is 11.5 Å². The van der Waals surface area contributed by atoms with Crippen LogP contribution in [-0.2, 0) is 6.61 Å². The Labute approximate surface area is 125 Å². The molecule has 0 amide bonds. The maximum atomic E-state index is 13.5. The van der Waals surface area contributed by atoms with Gasteiger partial charge in [-0.25, -0.2) is 4.39 Å². The highest BCUT2D eigenvalue weighted by Crippen LogP contribution is 2.31. The van der Waals surface area contributed by atoms with Crippen LogP contribution in [-0.4, -0.2) is 5.11 Å². The highest BCUT2D eigenvalue weighted by molar-refractivity contribution is 9.10. The zero-order valence-electron chi connectivity index (χ0n) is 9.46. The number of aliphatic hydroxyl groups excluding tert-OH is 1. The van der Waals surface area contributed by atoms with Gasteiger partial charge in [-0.15, -0.1) is 0 Å². The Morgan fingerprint density at radius 3 is 2.47 bits per heavy atom. The van der Waals surface area contributed by atoms with Gasteiger partial charge in [0.2, 0.25) is 5.82 Å². The van der Waals surface area contributed by atoms with Gasteiger partial charge in [-0.3, -0.25) is 0 Å². The summed E-state index contributed by atoms with van der Waals surface area (Å²) in [5, 5.41) is 9.03. The molecule has 0 aliphatic carbocycles. The Kier molecular flexibility index (Phi) is 4.54. The summed E-state index contributed by atoms with van der Waals surface area (Å²) >= 11 is 6.32. The molecule has 0 aromatic heterocycles. The van der Waals surface area contributed by atoms with E-state index in [1.807, 2.05) is 0 Å². The number of aliphatic hydroxyl groups is 1. The zero-order chi connectivity index (χ0) is 14.0. The van der Waals surface area contributed by atoms with Crippen LogP contribution in [0.1, 0.15) is 5.56 Å². The van der Waals surface area contributed by atoms with Crippen LogP contribution in [0.4, 0.5) is 8.78 Å². The fourth-order valence-corrected chi connectivity index (χ4v) is 2.35. The maximum Gasteiger partial charge on any atom is 0.201 e. The third-order valence-electron chi connectivity index (χ3n) is 2.38. The molecule has 0 saturated heterocycles. The average Bonchev–Trinajstić information content (AvgIpc) is 2.35.